The average molecular weight is 270 g/mol. The molecule has 1 amide bonds. The summed E-state index contributed by atoms with van der Waals surface area (Å²) < 4.78 is 5.40. The topological polar surface area (TPSA) is 59.5 Å². The molecular formula is C16H18N2O2. The molecule has 0 aliphatic carbocycles. The molecule has 2 N–H and O–H groups in total. The molecule has 0 saturated carbocycles. The highest BCUT2D eigenvalue weighted by atomic mass is 16.3. The fourth-order valence-electron chi connectivity index (χ4n) is 2.75. The Hall–Kier alpha value is -2.07. The van der Waals surface area contributed by atoms with Crippen molar-refractivity contribution in [1.29, 1.82) is 0 Å². The zero-order valence-corrected chi connectivity index (χ0v) is 11.5. The molecule has 2 atom stereocenters. The first-order chi connectivity index (χ1) is 9.65. The summed E-state index contributed by atoms with van der Waals surface area (Å²) in [6.07, 6.45) is 0. The first-order valence-corrected chi connectivity index (χ1v) is 6.81. The molecule has 2 aromatic rings. The van der Waals surface area contributed by atoms with Crippen molar-refractivity contribution in [3.8, 4) is 0 Å². The van der Waals surface area contributed by atoms with E-state index in [9.17, 15) is 4.79 Å². The fourth-order valence-corrected chi connectivity index (χ4v) is 2.75. The summed E-state index contributed by atoms with van der Waals surface area (Å²) in [6, 6.07) is 13.6. The number of benzene rings is 1. The molecule has 0 bridgehead atoms. The van der Waals surface area contributed by atoms with Gasteiger partial charge in [0.25, 0.3) is 5.91 Å². The lowest BCUT2D eigenvalue weighted by Crippen LogP contribution is -2.32. The molecule has 1 aromatic carbocycles. The van der Waals surface area contributed by atoms with Crippen LogP contribution < -0.4 is 5.73 Å². The van der Waals surface area contributed by atoms with Gasteiger partial charge in [0, 0.05) is 25.0 Å². The number of hydrogen-bond donors (Lipinski definition) is 1. The molecule has 1 aliphatic heterocycles. The van der Waals surface area contributed by atoms with E-state index in [-0.39, 0.29) is 17.9 Å². The Morgan fingerprint density at radius 3 is 2.60 bits per heavy atom. The molecule has 4 heteroatoms. The number of carbonyl (C=O) groups excluding carboxylic acids is 1. The lowest BCUT2D eigenvalue weighted by atomic mass is 9.95. The van der Waals surface area contributed by atoms with Crippen molar-refractivity contribution < 1.29 is 9.21 Å². The Morgan fingerprint density at radius 2 is 1.95 bits per heavy atom. The Bertz CT molecular complexity index is 606. The third-order valence-corrected chi connectivity index (χ3v) is 3.83. The van der Waals surface area contributed by atoms with Crippen molar-refractivity contribution in [2.75, 3.05) is 13.1 Å². The molecule has 0 unspecified atom stereocenters. The van der Waals surface area contributed by atoms with E-state index >= 15 is 0 Å². The smallest absolute Gasteiger partial charge is 0.289 e. The summed E-state index contributed by atoms with van der Waals surface area (Å²) in [5.41, 5.74) is 7.38. The monoisotopic (exact) mass is 270 g/mol. The van der Waals surface area contributed by atoms with Crippen LogP contribution >= 0.6 is 0 Å². The summed E-state index contributed by atoms with van der Waals surface area (Å²) in [4.78, 5) is 14.1. The Kier molecular flexibility index (Phi) is 3.32. The number of likely N-dealkylation sites (tertiary alicyclic amines) is 1. The molecule has 1 saturated heterocycles. The highest BCUT2D eigenvalue weighted by Crippen LogP contribution is 2.27. The van der Waals surface area contributed by atoms with Crippen molar-refractivity contribution in [3.05, 3.63) is 59.5 Å². The number of carbonyl (C=O) groups is 1. The molecule has 104 valence electrons. The summed E-state index contributed by atoms with van der Waals surface area (Å²) in [5.74, 6) is 1.25. The second-order valence-corrected chi connectivity index (χ2v) is 5.30. The molecule has 1 aromatic heterocycles. The third kappa shape index (κ3) is 2.34. The van der Waals surface area contributed by atoms with Crippen molar-refractivity contribution in [3.63, 3.8) is 0 Å². The zero-order chi connectivity index (χ0) is 14.1. The molecule has 20 heavy (non-hydrogen) atoms. The van der Waals surface area contributed by atoms with Crippen LogP contribution in [-0.2, 0) is 0 Å². The number of hydrogen-bond acceptors (Lipinski definition) is 3. The van der Waals surface area contributed by atoms with Gasteiger partial charge < -0.3 is 15.1 Å². The maximum Gasteiger partial charge on any atom is 0.289 e. The van der Waals surface area contributed by atoms with Crippen molar-refractivity contribution in [1.82, 2.24) is 4.90 Å². The second kappa shape index (κ2) is 5.13. The van der Waals surface area contributed by atoms with E-state index in [0.717, 1.165) is 5.76 Å². The van der Waals surface area contributed by atoms with Crippen LogP contribution in [0.25, 0.3) is 0 Å². The van der Waals surface area contributed by atoms with E-state index in [1.165, 1.54) is 5.56 Å². The predicted octanol–water partition coefficient (Wildman–Crippen LogP) is 2.15. The van der Waals surface area contributed by atoms with Gasteiger partial charge in [0.15, 0.2) is 5.76 Å². The number of nitrogens with zero attached hydrogens (tertiary/aromatic N) is 1. The van der Waals surface area contributed by atoms with E-state index in [0.29, 0.717) is 18.8 Å². The lowest BCUT2D eigenvalue weighted by molar-refractivity contribution is 0.0756. The molecule has 1 aliphatic rings. The van der Waals surface area contributed by atoms with Gasteiger partial charge in [0.05, 0.1) is 0 Å². The largest absolute Gasteiger partial charge is 0.456 e. The van der Waals surface area contributed by atoms with Gasteiger partial charge in [-0.3, -0.25) is 4.79 Å². The summed E-state index contributed by atoms with van der Waals surface area (Å²) in [6.45, 7) is 3.04. The van der Waals surface area contributed by atoms with Crippen LogP contribution in [0, 0.1) is 6.92 Å². The maximum atomic E-state index is 12.4. The fraction of sp³-hybridized carbons (Fsp3) is 0.312. The maximum absolute atomic E-state index is 12.4. The minimum absolute atomic E-state index is 0.0302. The van der Waals surface area contributed by atoms with Crippen LogP contribution in [0.2, 0.25) is 0 Å². The minimum atomic E-state index is -0.0769. The van der Waals surface area contributed by atoms with E-state index in [2.05, 4.69) is 12.1 Å². The van der Waals surface area contributed by atoms with Gasteiger partial charge >= 0.3 is 0 Å². The molecule has 2 heterocycles. The molecular weight excluding hydrogens is 252 g/mol. The van der Waals surface area contributed by atoms with Crippen molar-refractivity contribution in [2.24, 2.45) is 5.73 Å². The number of nitrogens with two attached hydrogens (primary N) is 1. The Balaban J connectivity index is 1.77. The molecule has 1 fully saturated rings. The molecule has 0 spiro atoms. The van der Waals surface area contributed by atoms with Gasteiger partial charge in [-0.2, -0.15) is 0 Å². The molecule has 0 radical (unpaired) electrons. The Morgan fingerprint density at radius 1 is 1.20 bits per heavy atom. The van der Waals surface area contributed by atoms with Crippen LogP contribution in [0.4, 0.5) is 0 Å². The van der Waals surface area contributed by atoms with E-state index in [4.69, 9.17) is 10.2 Å². The van der Waals surface area contributed by atoms with Gasteiger partial charge in [-0.25, -0.2) is 0 Å². The number of rotatable bonds is 2. The van der Waals surface area contributed by atoms with E-state index in [1.54, 1.807) is 17.0 Å². The first kappa shape index (κ1) is 12.9. The standard InChI is InChI=1S/C16H18N2O2/c1-11-7-8-15(20-11)16(19)18-9-13(14(17)10-18)12-5-3-2-4-6-12/h2-8,13-14H,9-10,17H2,1H3/t13-,14+/m0/s1. The van der Waals surface area contributed by atoms with Crippen LogP contribution in [-0.4, -0.2) is 29.9 Å². The van der Waals surface area contributed by atoms with Gasteiger partial charge in [0.1, 0.15) is 5.76 Å². The SMILES string of the molecule is Cc1ccc(C(=O)N2C[C@@H](N)[C@H](c3ccccc3)C2)o1. The quantitative estimate of drug-likeness (QED) is 0.909. The normalized spacial score (nSPS) is 22.2. The Labute approximate surface area is 118 Å². The minimum Gasteiger partial charge on any atom is -0.456 e. The van der Waals surface area contributed by atoms with Gasteiger partial charge in [-0.05, 0) is 24.6 Å². The van der Waals surface area contributed by atoms with Crippen LogP contribution in [0.15, 0.2) is 46.9 Å². The van der Waals surface area contributed by atoms with Crippen molar-refractivity contribution in [2.45, 2.75) is 18.9 Å². The van der Waals surface area contributed by atoms with Crippen LogP contribution in [0.1, 0.15) is 27.8 Å². The van der Waals surface area contributed by atoms with Crippen molar-refractivity contribution >= 4 is 5.91 Å². The van der Waals surface area contributed by atoms with Gasteiger partial charge in [-0.15, -0.1) is 0 Å². The summed E-state index contributed by atoms with van der Waals surface area (Å²) in [7, 11) is 0. The number of aryl methyl sites for hydroxylation is 1. The van der Waals surface area contributed by atoms with Crippen LogP contribution in [0.5, 0.6) is 0 Å². The predicted molar refractivity (Wildman–Crippen MR) is 76.5 cm³/mol. The lowest BCUT2D eigenvalue weighted by Gasteiger charge is -2.15. The zero-order valence-electron chi connectivity index (χ0n) is 11.5. The van der Waals surface area contributed by atoms with Gasteiger partial charge in [-0.1, -0.05) is 30.3 Å². The van der Waals surface area contributed by atoms with Crippen LogP contribution in [0.3, 0.4) is 0 Å². The molecule has 4 nitrogen and oxygen atoms in total. The first-order valence-electron chi connectivity index (χ1n) is 6.81. The average Bonchev–Trinajstić information content (AvgIpc) is 3.05. The highest BCUT2D eigenvalue weighted by molar-refractivity contribution is 5.91. The number of furan rings is 1. The summed E-state index contributed by atoms with van der Waals surface area (Å²) >= 11 is 0. The van der Waals surface area contributed by atoms with E-state index in [1.807, 2.05) is 25.1 Å². The summed E-state index contributed by atoms with van der Waals surface area (Å²) in [5, 5.41) is 0. The second-order valence-electron chi connectivity index (χ2n) is 5.30. The van der Waals surface area contributed by atoms with E-state index < -0.39 is 0 Å². The molecule has 3 rings (SSSR count). The highest BCUT2D eigenvalue weighted by Gasteiger charge is 2.35. The number of amides is 1. The van der Waals surface area contributed by atoms with Gasteiger partial charge in [0.2, 0.25) is 0 Å². The third-order valence-electron chi connectivity index (χ3n) is 3.83.